The average molecular weight is 250 g/mol. The predicted molar refractivity (Wildman–Crippen MR) is 74.9 cm³/mol. The van der Waals surface area contributed by atoms with Crippen LogP contribution in [0.1, 0.15) is 28.1 Å². The van der Waals surface area contributed by atoms with Gasteiger partial charge in [0.2, 0.25) is 0 Å². The molecular weight excluding hydrogens is 236 g/mol. The third-order valence-corrected chi connectivity index (χ3v) is 3.23. The van der Waals surface area contributed by atoms with Crippen molar-refractivity contribution in [2.45, 2.75) is 12.8 Å². The Hall–Kier alpha value is -2.35. The molecule has 0 fully saturated rings. The van der Waals surface area contributed by atoms with E-state index in [1.807, 2.05) is 42.5 Å². The number of aryl methyl sites for hydroxylation is 1. The highest BCUT2D eigenvalue weighted by atomic mass is 16.3. The van der Waals surface area contributed by atoms with Crippen molar-refractivity contribution in [2.24, 2.45) is 0 Å². The molecule has 1 aliphatic carbocycles. The van der Waals surface area contributed by atoms with E-state index < -0.39 is 0 Å². The van der Waals surface area contributed by atoms with Gasteiger partial charge in [0.15, 0.2) is 5.78 Å². The molecule has 0 N–H and O–H groups in total. The minimum Gasteiger partial charge on any atom is -0.469 e. The number of allylic oxidation sites excluding steroid dienone is 4. The van der Waals surface area contributed by atoms with Gasteiger partial charge in [0.25, 0.3) is 0 Å². The molecule has 2 heteroatoms. The second-order valence-corrected chi connectivity index (χ2v) is 4.53. The van der Waals surface area contributed by atoms with Crippen molar-refractivity contribution in [3.05, 3.63) is 77.8 Å². The maximum Gasteiger partial charge on any atom is 0.187 e. The number of benzene rings is 1. The molecule has 0 spiro atoms. The van der Waals surface area contributed by atoms with Crippen LogP contribution in [-0.4, -0.2) is 5.78 Å². The maximum atomic E-state index is 11.8. The largest absolute Gasteiger partial charge is 0.469 e. The first-order valence-corrected chi connectivity index (χ1v) is 6.39. The number of ketones is 1. The number of carbonyl (C=O) groups excluding carboxylic acids is 1. The molecule has 19 heavy (non-hydrogen) atoms. The summed E-state index contributed by atoms with van der Waals surface area (Å²) >= 11 is 0. The number of furan rings is 1. The smallest absolute Gasteiger partial charge is 0.187 e. The Morgan fingerprint density at radius 1 is 1.05 bits per heavy atom. The maximum absolute atomic E-state index is 11.8. The highest BCUT2D eigenvalue weighted by molar-refractivity contribution is 6.17. The SMILES string of the molecule is O=C1C=C(/C=C\CCc2ccco2)c2ccccc21. The molecule has 0 amide bonds. The number of hydrogen-bond donors (Lipinski definition) is 0. The van der Waals surface area contributed by atoms with Gasteiger partial charge in [-0.1, -0.05) is 36.4 Å². The molecule has 0 aliphatic heterocycles. The zero-order valence-electron chi connectivity index (χ0n) is 10.5. The summed E-state index contributed by atoms with van der Waals surface area (Å²) in [5.41, 5.74) is 2.83. The molecule has 2 nitrogen and oxygen atoms in total. The van der Waals surface area contributed by atoms with E-state index in [2.05, 4.69) is 6.08 Å². The molecule has 1 aromatic heterocycles. The lowest BCUT2D eigenvalue weighted by molar-refractivity contribution is 0.105. The minimum atomic E-state index is 0.0984. The Kier molecular flexibility index (Phi) is 3.15. The number of hydrogen-bond acceptors (Lipinski definition) is 2. The van der Waals surface area contributed by atoms with E-state index in [-0.39, 0.29) is 5.78 Å². The van der Waals surface area contributed by atoms with E-state index in [9.17, 15) is 4.79 Å². The van der Waals surface area contributed by atoms with Gasteiger partial charge in [0.1, 0.15) is 5.76 Å². The van der Waals surface area contributed by atoms with Gasteiger partial charge in [-0.3, -0.25) is 4.79 Å². The summed E-state index contributed by atoms with van der Waals surface area (Å²) in [5.74, 6) is 1.09. The molecule has 0 saturated heterocycles. The zero-order valence-corrected chi connectivity index (χ0v) is 10.5. The Labute approximate surface area is 112 Å². The first-order valence-electron chi connectivity index (χ1n) is 6.39. The van der Waals surface area contributed by atoms with Crippen LogP contribution < -0.4 is 0 Å². The Bertz CT molecular complexity index is 646. The van der Waals surface area contributed by atoms with Crippen LogP contribution in [-0.2, 0) is 6.42 Å². The predicted octanol–water partition coefficient (Wildman–Crippen LogP) is 4.05. The topological polar surface area (TPSA) is 30.2 Å². The summed E-state index contributed by atoms with van der Waals surface area (Å²) in [6, 6.07) is 11.6. The first-order chi connectivity index (χ1) is 9.34. The van der Waals surface area contributed by atoms with E-state index in [1.165, 1.54) is 0 Å². The van der Waals surface area contributed by atoms with Crippen LogP contribution in [0, 0.1) is 0 Å². The molecule has 0 radical (unpaired) electrons. The fourth-order valence-corrected chi connectivity index (χ4v) is 2.28. The van der Waals surface area contributed by atoms with E-state index in [1.54, 1.807) is 12.3 Å². The number of carbonyl (C=O) groups is 1. The van der Waals surface area contributed by atoms with Crippen LogP contribution in [0.25, 0.3) is 5.57 Å². The number of rotatable bonds is 4. The summed E-state index contributed by atoms with van der Waals surface area (Å²) in [4.78, 5) is 11.8. The van der Waals surface area contributed by atoms with Crippen molar-refractivity contribution in [3.63, 3.8) is 0 Å². The van der Waals surface area contributed by atoms with Gasteiger partial charge in [0.05, 0.1) is 6.26 Å². The zero-order chi connectivity index (χ0) is 13.1. The summed E-state index contributed by atoms with van der Waals surface area (Å²) < 4.78 is 5.28. The normalized spacial score (nSPS) is 13.9. The summed E-state index contributed by atoms with van der Waals surface area (Å²) in [5, 5.41) is 0. The fraction of sp³-hybridized carbons (Fsp3) is 0.118. The highest BCUT2D eigenvalue weighted by Crippen LogP contribution is 2.28. The molecule has 2 aromatic rings. The van der Waals surface area contributed by atoms with Crippen LogP contribution in [0.2, 0.25) is 0 Å². The fourth-order valence-electron chi connectivity index (χ4n) is 2.28. The molecule has 0 saturated carbocycles. The van der Waals surface area contributed by atoms with Gasteiger partial charge in [-0.25, -0.2) is 0 Å². The second kappa shape index (κ2) is 5.11. The van der Waals surface area contributed by atoms with Gasteiger partial charge in [-0.05, 0) is 35.8 Å². The third kappa shape index (κ3) is 2.43. The van der Waals surface area contributed by atoms with Crippen LogP contribution in [0.15, 0.2) is 65.3 Å². The van der Waals surface area contributed by atoms with Crippen molar-refractivity contribution in [1.82, 2.24) is 0 Å². The Balaban J connectivity index is 1.68. The monoisotopic (exact) mass is 250 g/mol. The Morgan fingerprint density at radius 2 is 1.89 bits per heavy atom. The lowest BCUT2D eigenvalue weighted by atomic mass is 10.0. The van der Waals surface area contributed by atoms with Crippen molar-refractivity contribution in [2.75, 3.05) is 0 Å². The highest BCUT2D eigenvalue weighted by Gasteiger charge is 2.17. The van der Waals surface area contributed by atoms with Gasteiger partial charge < -0.3 is 4.42 Å². The lowest BCUT2D eigenvalue weighted by Gasteiger charge is -1.99. The van der Waals surface area contributed by atoms with Gasteiger partial charge in [-0.15, -0.1) is 0 Å². The standard InChI is InChI=1S/C17H14O2/c18-17-12-13(15-9-3-4-10-16(15)17)6-1-2-7-14-8-5-11-19-14/h1,3-6,8-12H,2,7H2/b6-1-. The van der Waals surface area contributed by atoms with Crippen molar-refractivity contribution in [3.8, 4) is 0 Å². The van der Waals surface area contributed by atoms with Gasteiger partial charge >= 0.3 is 0 Å². The number of fused-ring (bicyclic) bond motifs is 1. The summed E-state index contributed by atoms with van der Waals surface area (Å²) in [7, 11) is 0. The van der Waals surface area contributed by atoms with E-state index in [4.69, 9.17) is 4.42 Å². The molecular formula is C17H14O2. The molecule has 0 unspecified atom stereocenters. The molecule has 3 rings (SSSR count). The van der Waals surface area contributed by atoms with Crippen molar-refractivity contribution >= 4 is 11.4 Å². The van der Waals surface area contributed by atoms with Crippen LogP contribution in [0.3, 0.4) is 0 Å². The minimum absolute atomic E-state index is 0.0984. The molecule has 1 aliphatic rings. The lowest BCUT2D eigenvalue weighted by Crippen LogP contribution is -1.89. The van der Waals surface area contributed by atoms with Crippen LogP contribution in [0.5, 0.6) is 0 Å². The molecule has 1 heterocycles. The van der Waals surface area contributed by atoms with E-state index in [0.29, 0.717) is 0 Å². The first kappa shape index (κ1) is 11.7. The second-order valence-electron chi connectivity index (χ2n) is 4.53. The van der Waals surface area contributed by atoms with E-state index >= 15 is 0 Å². The van der Waals surface area contributed by atoms with Crippen LogP contribution in [0.4, 0.5) is 0 Å². The van der Waals surface area contributed by atoms with Crippen molar-refractivity contribution in [1.29, 1.82) is 0 Å². The average Bonchev–Trinajstić information content (AvgIpc) is 3.04. The van der Waals surface area contributed by atoms with Crippen LogP contribution >= 0.6 is 0 Å². The third-order valence-electron chi connectivity index (χ3n) is 3.23. The Morgan fingerprint density at radius 3 is 2.68 bits per heavy atom. The molecule has 0 atom stereocenters. The van der Waals surface area contributed by atoms with Gasteiger partial charge in [-0.2, -0.15) is 0 Å². The molecule has 94 valence electrons. The quantitative estimate of drug-likeness (QED) is 0.819. The summed E-state index contributed by atoms with van der Waals surface area (Å²) in [6.07, 6.45) is 9.28. The molecule has 1 aromatic carbocycles. The summed E-state index contributed by atoms with van der Waals surface area (Å²) in [6.45, 7) is 0. The van der Waals surface area contributed by atoms with E-state index in [0.717, 1.165) is 35.3 Å². The van der Waals surface area contributed by atoms with Crippen molar-refractivity contribution < 1.29 is 9.21 Å². The molecule has 0 bridgehead atoms. The van der Waals surface area contributed by atoms with Gasteiger partial charge in [0, 0.05) is 12.0 Å².